The van der Waals surface area contributed by atoms with Gasteiger partial charge >= 0.3 is 12.9 Å². The third-order valence-corrected chi connectivity index (χ3v) is 7.61. The van der Waals surface area contributed by atoms with Gasteiger partial charge in [0.15, 0.2) is 12.1 Å². The zero-order valence-corrected chi connectivity index (χ0v) is 20.1. The average Bonchev–Trinajstić information content (AvgIpc) is 3.01. The second-order valence-corrected chi connectivity index (χ2v) is 15.6. The van der Waals surface area contributed by atoms with Gasteiger partial charge in [0.25, 0.3) is 0 Å². The van der Waals surface area contributed by atoms with E-state index in [-0.39, 0.29) is 0 Å². The second-order valence-electron chi connectivity index (χ2n) is 9.98. The number of benzene rings is 1. The van der Waals surface area contributed by atoms with Crippen molar-refractivity contribution in [3.63, 3.8) is 0 Å². The maximum Gasteiger partial charge on any atom is 0.498 e. The summed E-state index contributed by atoms with van der Waals surface area (Å²) >= 11 is 0. The predicted octanol–water partition coefficient (Wildman–Crippen LogP) is 1.90. The van der Waals surface area contributed by atoms with Crippen LogP contribution in [0, 0.1) is 0 Å². The van der Waals surface area contributed by atoms with E-state index in [0.29, 0.717) is 18.3 Å². The molecule has 0 radical (unpaired) electrons. The highest BCUT2D eigenvalue weighted by Crippen LogP contribution is 2.36. The van der Waals surface area contributed by atoms with E-state index >= 15 is 0 Å². The van der Waals surface area contributed by atoms with Crippen molar-refractivity contribution in [2.75, 3.05) is 20.4 Å². The second kappa shape index (κ2) is 7.65. The lowest BCUT2D eigenvalue weighted by molar-refractivity contribution is 0.00578. The van der Waals surface area contributed by atoms with Gasteiger partial charge in [-0.25, -0.2) is 0 Å². The molecule has 29 heavy (non-hydrogen) atoms. The minimum atomic E-state index is -1.12. The summed E-state index contributed by atoms with van der Waals surface area (Å²) in [7, 11) is 0.0294. The molecule has 6 nitrogen and oxygen atoms in total. The van der Waals surface area contributed by atoms with Gasteiger partial charge in [-0.15, -0.1) is 0 Å². The molecule has 0 aliphatic carbocycles. The molecule has 1 fully saturated rings. The fraction of sp³-hybridized carbons (Fsp3) is 0.619. The van der Waals surface area contributed by atoms with Crippen molar-refractivity contribution in [1.29, 1.82) is 0 Å². The zero-order chi connectivity index (χ0) is 21.6. The fourth-order valence-electron chi connectivity index (χ4n) is 3.23. The van der Waals surface area contributed by atoms with Crippen LogP contribution in [-0.2, 0) is 14.0 Å². The third kappa shape index (κ3) is 4.50. The molecule has 2 heterocycles. The Morgan fingerprint density at radius 1 is 1.14 bits per heavy atom. The summed E-state index contributed by atoms with van der Waals surface area (Å²) in [6.07, 6.45) is 0. The standard InChI is InChI=1S/C21H34BN2O4Si/c1-15-23-17-12-16(22-27-20(2,3)21(4,5)28-22)19(25-6)13-18(17)24(15)14-26-10-11-29(7,8)9/h12-13H,1,10-11,14H2,2-9H3/q+1. The van der Waals surface area contributed by atoms with Gasteiger partial charge in [0.05, 0.1) is 18.3 Å². The van der Waals surface area contributed by atoms with Crippen LogP contribution in [0.1, 0.15) is 27.7 Å². The van der Waals surface area contributed by atoms with Crippen LogP contribution in [0.3, 0.4) is 0 Å². The summed E-state index contributed by atoms with van der Waals surface area (Å²) in [5.74, 6) is 1.38. The number of rotatable bonds is 7. The molecule has 0 unspecified atom stereocenters. The summed E-state index contributed by atoms with van der Waals surface area (Å²) in [4.78, 5) is 4.63. The summed E-state index contributed by atoms with van der Waals surface area (Å²) in [6, 6.07) is 5.07. The van der Waals surface area contributed by atoms with Crippen LogP contribution in [0.5, 0.6) is 5.75 Å². The average molecular weight is 417 g/mol. The molecule has 0 amide bonds. The van der Waals surface area contributed by atoms with Crippen LogP contribution < -0.4 is 25.5 Å². The smallest absolute Gasteiger partial charge is 0.497 e. The molecule has 2 aliphatic heterocycles. The van der Waals surface area contributed by atoms with E-state index in [0.717, 1.165) is 28.8 Å². The van der Waals surface area contributed by atoms with Crippen molar-refractivity contribution >= 4 is 20.7 Å². The van der Waals surface area contributed by atoms with Crippen molar-refractivity contribution in [2.45, 2.75) is 64.6 Å². The highest BCUT2D eigenvalue weighted by molar-refractivity contribution is 6.76. The minimum absolute atomic E-state index is 0.418. The number of fused-ring (bicyclic) bond motifs is 1. The SMILES string of the molecule is C=C1N=c2cc(B3OC(C)(C)C(C)(C)O3)c(OC)cc2=[N+]1COCC[Si](C)(C)C. The third-order valence-electron chi connectivity index (χ3n) is 5.90. The summed E-state index contributed by atoms with van der Waals surface area (Å²) < 4.78 is 26.0. The minimum Gasteiger partial charge on any atom is -0.497 e. The first-order valence-corrected chi connectivity index (χ1v) is 13.9. The normalized spacial score (nSPS) is 20.1. The molecular formula is C21H34BN2O4Si+. The Kier molecular flexibility index (Phi) is 5.86. The van der Waals surface area contributed by atoms with E-state index in [4.69, 9.17) is 18.8 Å². The van der Waals surface area contributed by atoms with Crippen LogP contribution in [0.15, 0.2) is 29.5 Å². The lowest BCUT2D eigenvalue weighted by Crippen LogP contribution is -2.43. The van der Waals surface area contributed by atoms with Gasteiger partial charge in [-0.3, -0.25) is 0 Å². The maximum absolute atomic E-state index is 6.22. The first-order chi connectivity index (χ1) is 13.3. The van der Waals surface area contributed by atoms with Gasteiger partial charge < -0.3 is 18.8 Å². The number of hydrogen-bond donors (Lipinski definition) is 0. The first kappa shape index (κ1) is 22.2. The predicted molar refractivity (Wildman–Crippen MR) is 119 cm³/mol. The lowest BCUT2D eigenvalue weighted by Gasteiger charge is -2.32. The van der Waals surface area contributed by atoms with E-state index in [2.05, 4.69) is 31.2 Å². The largest absolute Gasteiger partial charge is 0.498 e. The molecule has 0 saturated carbocycles. The van der Waals surface area contributed by atoms with E-state index in [9.17, 15) is 0 Å². The highest BCUT2D eigenvalue weighted by atomic mass is 28.3. The molecule has 1 aromatic carbocycles. The molecular weight excluding hydrogens is 383 g/mol. The Hall–Kier alpha value is -1.48. The molecule has 0 aromatic heterocycles. The van der Waals surface area contributed by atoms with Crippen LogP contribution >= 0.6 is 0 Å². The van der Waals surface area contributed by atoms with Crippen molar-refractivity contribution in [2.24, 2.45) is 4.99 Å². The van der Waals surface area contributed by atoms with Crippen LogP contribution in [0.2, 0.25) is 25.7 Å². The molecule has 0 spiro atoms. The zero-order valence-electron chi connectivity index (χ0n) is 19.1. The van der Waals surface area contributed by atoms with Gasteiger partial charge in [0.1, 0.15) is 5.75 Å². The highest BCUT2D eigenvalue weighted by Gasteiger charge is 2.52. The molecule has 8 heteroatoms. The van der Waals surface area contributed by atoms with Crippen LogP contribution in [-0.4, -0.2) is 46.8 Å². The Labute approximate surface area is 175 Å². The van der Waals surface area contributed by atoms with E-state index < -0.39 is 26.4 Å². The molecule has 1 saturated heterocycles. The topological polar surface area (TPSA) is 52.3 Å². The molecule has 2 aliphatic rings. The van der Waals surface area contributed by atoms with Gasteiger partial charge in [0, 0.05) is 26.2 Å². The molecule has 0 bridgehead atoms. The lowest BCUT2D eigenvalue weighted by atomic mass is 9.78. The number of hydrogen-bond acceptors (Lipinski definition) is 5. The molecule has 3 rings (SSSR count). The Morgan fingerprint density at radius 3 is 2.31 bits per heavy atom. The summed E-state index contributed by atoms with van der Waals surface area (Å²) in [5.41, 5.74) is 0.000105. The van der Waals surface area contributed by atoms with E-state index in [1.165, 1.54) is 0 Å². The Morgan fingerprint density at radius 2 is 1.76 bits per heavy atom. The number of methoxy groups -OCH3 is 1. The molecule has 1 aromatic rings. The van der Waals surface area contributed by atoms with Crippen LogP contribution in [0.25, 0.3) is 0 Å². The van der Waals surface area contributed by atoms with Gasteiger partial charge in [0.2, 0.25) is 5.36 Å². The Balaban J connectivity index is 1.91. The monoisotopic (exact) mass is 417 g/mol. The Bertz CT molecular complexity index is 921. The molecule has 0 atom stereocenters. The van der Waals surface area contributed by atoms with Gasteiger partial charge in [-0.1, -0.05) is 19.6 Å². The van der Waals surface area contributed by atoms with Crippen molar-refractivity contribution in [3.8, 4) is 5.75 Å². The van der Waals surface area contributed by atoms with E-state index in [1.54, 1.807) is 7.11 Å². The quantitative estimate of drug-likeness (QED) is 0.386. The van der Waals surface area contributed by atoms with Crippen molar-refractivity contribution < 1.29 is 18.8 Å². The number of ether oxygens (including phenoxy) is 2. The van der Waals surface area contributed by atoms with E-state index in [1.807, 2.05) is 44.4 Å². The van der Waals surface area contributed by atoms with Crippen molar-refractivity contribution in [1.82, 2.24) is 4.58 Å². The maximum atomic E-state index is 6.22. The summed E-state index contributed by atoms with van der Waals surface area (Å²) in [5, 5.41) is 1.76. The molecule has 158 valence electrons. The van der Waals surface area contributed by atoms with Crippen LogP contribution in [0.4, 0.5) is 0 Å². The first-order valence-electron chi connectivity index (χ1n) is 10.2. The number of nitrogens with zero attached hydrogens (tertiary/aromatic N) is 2. The fourth-order valence-corrected chi connectivity index (χ4v) is 3.98. The molecule has 0 N–H and O–H groups in total. The summed E-state index contributed by atoms with van der Waals surface area (Å²) in [6.45, 7) is 20.5. The van der Waals surface area contributed by atoms with Gasteiger partial charge in [-0.05, 0) is 51.4 Å². The van der Waals surface area contributed by atoms with Gasteiger partial charge in [-0.2, -0.15) is 4.58 Å². The van der Waals surface area contributed by atoms with Crippen molar-refractivity contribution in [3.05, 3.63) is 35.2 Å².